The predicted octanol–water partition coefficient (Wildman–Crippen LogP) is 6.93. The molecule has 0 radical (unpaired) electrons. The van der Waals surface area contributed by atoms with Gasteiger partial charge in [0.05, 0.1) is 17.6 Å². The number of aryl methyl sites for hydroxylation is 1. The van der Waals surface area contributed by atoms with Crippen molar-refractivity contribution in [2.45, 2.75) is 88.4 Å². The van der Waals surface area contributed by atoms with Crippen LogP contribution in [-0.4, -0.2) is 50.5 Å². The lowest BCUT2D eigenvalue weighted by Crippen LogP contribution is -2.40. The molecule has 1 amide bonds. The van der Waals surface area contributed by atoms with Crippen molar-refractivity contribution in [3.05, 3.63) is 53.9 Å². The second-order valence-corrected chi connectivity index (χ2v) is 13.5. The predicted molar refractivity (Wildman–Crippen MR) is 158 cm³/mol. The highest BCUT2D eigenvalue weighted by Crippen LogP contribution is 2.59. The van der Waals surface area contributed by atoms with Crippen LogP contribution in [0.25, 0.3) is 5.82 Å². The summed E-state index contributed by atoms with van der Waals surface area (Å²) in [5.41, 5.74) is -0.167. The molecule has 1 saturated heterocycles. The summed E-state index contributed by atoms with van der Waals surface area (Å²) in [4.78, 5) is 25.2. The number of halogens is 3. The standard InChI is InChI=1S/C31H37F3N6O2S/c1-29(2)18-22-7-5-3-4-6-21-8-11-26(35-19-21)43-38-28(41)23-9-10-24(36-27(23)39(29)20-22)40-16-12-25(37-40)42-17-15-30(13-14-30)31(32,33)34/h8-12,16,19,22H,3-7,13-15,17-18,20H2,1-2H3,(H,38,41). The lowest BCUT2D eigenvalue weighted by atomic mass is 9.92. The van der Waals surface area contributed by atoms with E-state index >= 15 is 0 Å². The molecule has 8 nitrogen and oxygen atoms in total. The van der Waals surface area contributed by atoms with E-state index in [9.17, 15) is 18.0 Å². The van der Waals surface area contributed by atoms with Crippen LogP contribution in [0.1, 0.15) is 81.1 Å². The van der Waals surface area contributed by atoms with Crippen LogP contribution in [0.4, 0.5) is 19.0 Å². The maximum Gasteiger partial charge on any atom is 0.394 e. The van der Waals surface area contributed by atoms with Gasteiger partial charge in [0.2, 0.25) is 5.88 Å². The van der Waals surface area contributed by atoms with Crippen LogP contribution >= 0.6 is 11.9 Å². The third-order valence-corrected chi connectivity index (χ3v) is 9.77. The van der Waals surface area contributed by atoms with Crippen molar-refractivity contribution in [1.82, 2.24) is 24.5 Å². The summed E-state index contributed by atoms with van der Waals surface area (Å²) in [5, 5.41) is 5.14. The van der Waals surface area contributed by atoms with Gasteiger partial charge in [-0.05, 0) is 88.5 Å². The molecule has 1 saturated carbocycles. The Morgan fingerprint density at radius 2 is 1.95 bits per heavy atom. The molecule has 3 aliphatic heterocycles. The van der Waals surface area contributed by atoms with Gasteiger partial charge in [-0.2, -0.15) is 13.2 Å². The third kappa shape index (κ3) is 6.49. The zero-order valence-corrected chi connectivity index (χ0v) is 25.3. The van der Waals surface area contributed by atoms with Gasteiger partial charge in [0, 0.05) is 42.5 Å². The van der Waals surface area contributed by atoms with Gasteiger partial charge in [0.1, 0.15) is 10.8 Å². The number of nitrogens with zero attached hydrogens (tertiary/aromatic N) is 5. The van der Waals surface area contributed by atoms with Gasteiger partial charge in [0.25, 0.3) is 5.91 Å². The smallest absolute Gasteiger partial charge is 0.394 e. The fourth-order valence-corrected chi connectivity index (χ4v) is 6.85. The Bertz CT molecular complexity index is 1450. The van der Waals surface area contributed by atoms with Crippen LogP contribution < -0.4 is 14.4 Å². The van der Waals surface area contributed by atoms with Gasteiger partial charge in [-0.3, -0.25) is 9.52 Å². The first-order valence-corrected chi connectivity index (χ1v) is 15.8. The van der Waals surface area contributed by atoms with Crippen LogP contribution in [0.15, 0.2) is 47.8 Å². The van der Waals surface area contributed by atoms with E-state index in [1.54, 1.807) is 24.4 Å². The molecule has 1 atom stereocenters. The molecular formula is C31H37F3N6O2S. The van der Waals surface area contributed by atoms with Crippen molar-refractivity contribution in [3.8, 4) is 11.7 Å². The van der Waals surface area contributed by atoms with Gasteiger partial charge in [0.15, 0.2) is 5.82 Å². The number of carbonyl (C=O) groups excluding carboxylic acids is 1. The highest BCUT2D eigenvalue weighted by atomic mass is 32.2. The van der Waals surface area contributed by atoms with Crippen molar-refractivity contribution in [3.63, 3.8) is 0 Å². The van der Waals surface area contributed by atoms with Crippen molar-refractivity contribution in [2.75, 3.05) is 18.1 Å². The van der Waals surface area contributed by atoms with Crippen molar-refractivity contribution in [1.29, 1.82) is 0 Å². The Kier molecular flexibility index (Phi) is 8.08. The fourth-order valence-electron chi connectivity index (χ4n) is 6.30. The zero-order chi connectivity index (χ0) is 30.2. The minimum atomic E-state index is -4.21. The first kappa shape index (κ1) is 29.8. The average Bonchev–Trinajstić information content (AvgIpc) is 3.52. The average molecular weight is 615 g/mol. The molecule has 3 aromatic heterocycles. The minimum Gasteiger partial charge on any atom is -0.477 e. The number of alkyl halides is 3. The van der Waals surface area contributed by atoms with E-state index in [0.717, 1.165) is 45.1 Å². The molecule has 1 N–H and O–H groups in total. The summed E-state index contributed by atoms with van der Waals surface area (Å²) in [5.74, 6) is 1.52. The Balaban J connectivity index is 1.25. The van der Waals surface area contributed by atoms with E-state index in [4.69, 9.17) is 9.72 Å². The Hall–Kier alpha value is -3.28. The van der Waals surface area contributed by atoms with E-state index in [0.29, 0.717) is 28.1 Å². The number of aromatic nitrogens is 4. The largest absolute Gasteiger partial charge is 0.477 e. The molecule has 6 heterocycles. The number of hydrogen-bond donors (Lipinski definition) is 1. The SMILES string of the molecule is CC1(C)CC2CCCCCc3ccc(nc3)SNC(=O)c3ccc(-n4ccc(OCCC5(C(F)(F)F)CC5)n4)nc3N1C2. The zero-order valence-electron chi connectivity index (χ0n) is 24.5. The number of amides is 1. The highest BCUT2D eigenvalue weighted by Gasteiger charge is 2.62. The van der Waals surface area contributed by atoms with Gasteiger partial charge in [-0.15, -0.1) is 5.10 Å². The van der Waals surface area contributed by atoms with E-state index in [-0.39, 0.29) is 43.2 Å². The number of anilines is 1. The summed E-state index contributed by atoms with van der Waals surface area (Å²) in [6.07, 6.45) is 6.10. The molecule has 12 heteroatoms. The van der Waals surface area contributed by atoms with E-state index in [2.05, 4.69) is 39.6 Å². The topological polar surface area (TPSA) is 85.2 Å². The molecule has 230 valence electrons. The number of fused-ring (bicyclic) bond motifs is 8. The van der Waals surface area contributed by atoms with Gasteiger partial charge < -0.3 is 9.64 Å². The summed E-state index contributed by atoms with van der Waals surface area (Å²) in [6, 6.07) is 9.09. The molecule has 4 aliphatic rings. The highest BCUT2D eigenvalue weighted by molar-refractivity contribution is 7.97. The van der Waals surface area contributed by atoms with E-state index in [1.165, 1.54) is 22.2 Å². The molecule has 1 aliphatic carbocycles. The van der Waals surface area contributed by atoms with Gasteiger partial charge in [-0.25, -0.2) is 14.6 Å². The summed E-state index contributed by atoms with van der Waals surface area (Å²) >= 11 is 1.18. The Morgan fingerprint density at radius 3 is 2.70 bits per heavy atom. The first-order chi connectivity index (χ1) is 20.5. The maximum atomic E-state index is 13.5. The molecule has 43 heavy (non-hydrogen) atoms. The van der Waals surface area contributed by atoms with Crippen LogP contribution in [0.5, 0.6) is 5.88 Å². The first-order valence-electron chi connectivity index (χ1n) is 15.0. The van der Waals surface area contributed by atoms with E-state index in [1.807, 2.05) is 12.3 Å². The van der Waals surface area contributed by atoms with Crippen molar-refractivity contribution in [2.24, 2.45) is 11.3 Å². The molecule has 0 aromatic carbocycles. The molecule has 1 unspecified atom stereocenters. The quantitative estimate of drug-likeness (QED) is 0.312. The number of hydrogen-bond acceptors (Lipinski definition) is 7. The number of ether oxygens (including phenoxy) is 1. The number of carbonyl (C=O) groups is 1. The van der Waals surface area contributed by atoms with Crippen LogP contribution in [0.2, 0.25) is 0 Å². The van der Waals surface area contributed by atoms with Crippen molar-refractivity contribution >= 4 is 23.7 Å². The molecular weight excluding hydrogens is 577 g/mol. The third-order valence-electron chi connectivity index (χ3n) is 9.03. The number of nitrogens with one attached hydrogen (secondary N) is 1. The van der Waals surface area contributed by atoms with E-state index < -0.39 is 11.6 Å². The number of rotatable bonds is 5. The molecule has 7 rings (SSSR count). The normalized spacial score (nSPS) is 21.7. The molecule has 4 bridgehead atoms. The van der Waals surface area contributed by atoms with Crippen LogP contribution in [0, 0.1) is 11.3 Å². The second-order valence-electron chi connectivity index (χ2n) is 12.6. The second kappa shape index (κ2) is 11.7. The molecule has 2 fully saturated rings. The summed E-state index contributed by atoms with van der Waals surface area (Å²) < 4.78 is 49.9. The maximum absolute atomic E-state index is 13.5. The van der Waals surface area contributed by atoms with Gasteiger partial charge >= 0.3 is 6.18 Å². The summed E-state index contributed by atoms with van der Waals surface area (Å²) in [7, 11) is 0. The molecule has 0 spiro atoms. The minimum absolute atomic E-state index is 0.0626. The van der Waals surface area contributed by atoms with Crippen LogP contribution in [0.3, 0.4) is 0 Å². The lowest BCUT2D eigenvalue weighted by Gasteiger charge is -2.34. The Morgan fingerprint density at radius 1 is 1.12 bits per heavy atom. The van der Waals surface area contributed by atoms with Gasteiger partial charge in [-0.1, -0.05) is 18.9 Å². The molecule has 3 aromatic rings. The summed E-state index contributed by atoms with van der Waals surface area (Å²) in [6.45, 7) is 5.11. The Labute approximate surface area is 253 Å². The number of pyridine rings is 2. The van der Waals surface area contributed by atoms with Crippen molar-refractivity contribution < 1.29 is 22.7 Å². The lowest BCUT2D eigenvalue weighted by molar-refractivity contribution is -0.190. The monoisotopic (exact) mass is 614 g/mol. The van der Waals surface area contributed by atoms with Crippen LogP contribution in [-0.2, 0) is 6.42 Å². The fraction of sp³-hybridized carbons (Fsp3) is 0.548.